The Hall–Kier alpha value is -2.14. The van der Waals surface area contributed by atoms with E-state index in [0.717, 1.165) is 17.3 Å². The Balaban J connectivity index is 1.86. The molecule has 2 N–H and O–H groups in total. The van der Waals surface area contributed by atoms with Crippen molar-refractivity contribution < 1.29 is 13.6 Å². The lowest BCUT2D eigenvalue weighted by Crippen LogP contribution is -2.23. The molecule has 0 spiro atoms. The van der Waals surface area contributed by atoms with Gasteiger partial charge in [-0.1, -0.05) is 29.8 Å². The molecule has 1 aliphatic rings. The monoisotopic (exact) mass is 308 g/mol. The van der Waals surface area contributed by atoms with Crippen molar-refractivity contribution >= 4 is 28.9 Å². The maximum atomic E-state index is 13.7. The zero-order valence-corrected chi connectivity index (χ0v) is 11.5. The molecule has 3 rings (SSSR count). The minimum atomic E-state index is -0.896. The number of rotatable bonds is 2. The maximum Gasteiger partial charge on any atom is 0.233 e. The summed E-state index contributed by atoms with van der Waals surface area (Å²) < 4.78 is 26.7. The van der Waals surface area contributed by atoms with Gasteiger partial charge >= 0.3 is 0 Å². The number of hydrogen-bond donors (Lipinski definition) is 2. The van der Waals surface area contributed by atoms with Crippen molar-refractivity contribution in [1.82, 2.24) is 0 Å². The summed E-state index contributed by atoms with van der Waals surface area (Å²) >= 11 is 5.78. The van der Waals surface area contributed by atoms with Gasteiger partial charge in [0.05, 0.1) is 16.6 Å². The Labute approximate surface area is 124 Å². The van der Waals surface area contributed by atoms with Crippen LogP contribution < -0.4 is 10.6 Å². The number of para-hydroxylation sites is 1. The highest BCUT2D eigenvalue weighted by molar-refractivity contribution is 6.33. The Bertz CT molecular complexity index is 698. The third-order valence-electron chi connectivity index (χ3n) is 3.40. The van der Waals surface area contributed by atoms with Gasteiger partial charge < -0.3 is 10.6 Å². The highest BCUT2D eigenvalue weighted by atomic mass is 35.5. The summed E-state index contributed by atoms with van der Waals surface area (Å²) in [6.07, 6.45) is 0. The van der Waals surface area contributed by atoms with Crippen molar-refractivity contribution in [2.75, 3.05) is 17.2 Å². The summed E-state index contributed by atoms with van der Waals surface area (Å²) in [6, 6.07) is 9.04. The smallest absolute Gasteiger partial charge is 0.233 e. The van der Waals surface area contributed by atoms with Gasteiger partial charge in [-0.2, -0.15) is 0 Å². The molecule has 1 atom stereocenters. The van der Waals surface area contributed by atoms with Gasteiger partial charge in [-0.15, -0.1) is 0 Å². The number of benzene rings is 2. The second-order valence-electron chi connectivity index (χ2n) is 4.75. The molecule has 1 unspecified atom stereocenters. The van der Waals surface area contributed by atoms with Crippen LogP contribution >= 0.6 is 11.6 Å². The fraction of sp³-hybridized carbons (Fsp3) is 0.133. The molecule has 6 heteroatoms. The van der Waals surface area contributed by atoms with Gasteiger partial charge in [0, 0.05) is 18.3 Å². The second-order valence-corrected chi connectivity index (χ2v) is 5.16. The molecule has 2 aromatic rings. The van der Waals surface area contributed by atoms with Crippen molar-refractivity contribution in [3.8, 4) is 0 Å². The minimum absolute atomic E-state index is 0.167. The summed E-state index contributed by atoms with van der Waals surface area (Å²) in [5, 5.41) is 5.38. The maximum absolute atomic E-state index is 13.7. The Kier molecular flexibility index (Phi) is 3.51. The summed E-state index contributed by atoms with van der Waals surface area (Å²) in [5.74, 6) is -2.52. The fourth-order valence-electron chi connectivity index (χ4n) is 2.39. The van der Waals surface area contributed by atoms with Crippen LogP contribution in [0.15, 0.2) is 36.4 Å². The molecule has 0 fully saturated rings. The molecule has 1 aliphatic heterocycles. The summed E-state index contributed by atoms with van der Waals surface area (Å²) in [4.78, 5) is 12.3. The van der Waals surface area contributed by atoms with Crippen LogP contribution in [0.4, 0.5) is 20.2 Å². The molecule has 2 aromatic carbocycles. The normalized spacial score (nSPS) is 16.2. The molecule has 1 amide bonds. The van der Waals surface area contributed by atoms with E-state index in [1.807, 2.05) is 24.3 Å². The largest absolute Gasteiger partial charge is 0.384 e. The van der Waals surface area contributed by atoms with Crippen LogP contribution in [0.25, 0.3) is 0 Å². The highest BCUT2D eigenvalue weighted by Gasteiger charge is 2.29. The molecule has 0 saturated carbocycles. The lowest BCUT2D eigenvalue weighted by molar-refractivity contribution is -0.117. The number of amides is 1. The summed E-state index contributed by atoms with van der Waals surface area (Å²) in [5.41, 5.74) is 1.52. The second kappa shape index (κ2) is 5.33. The number of anilines is 2. The van der Waals surface area contributed by atoms with Gasteiger partial charge in [0.25, 0.3) is 0 Å². The number of carbonyl (C=O) groups is 1. The molecule has 0 aromatic heterocycles. The fourth-order valence-corrected chi connectivity index (χ4v) is 2.63. The number of fused-ring (bicyclic) bond motifs is 1. The lowest BCUT2D eigenvalue weighted by Gasteiger charge is -2.13. The van der Waals surface area contributed by atoms with Crippen LogP contribution in [0.5, 0.6) is 0 Å². The average Bonchev–Trinajstić information content (AvgIpc) is 2.86. The first-order chi connectivity index (χ1) is 10.1. The SMILES string of the molecule is O=C(Nc1c(F)cc(F)cc1Cl)C1CNc2ccccc21. The van der Waals surface area contributed by atoms with Crippen molar-refractivity contribution in [3.05, 3.63) is 58.6 Å². The number of hydrogen-bond acceptors (Lipinski definition) is 2. The van der Waals surface area contributed by atoms with E-state index >= 15 is 0 Å². The van der Waals surface area contributed by atoms with Crippen molar-refractivity contribution in [3.63, 3.8) is 0 Å². The predicted octanol–water partition coefficient (Wildman–Crippen LogP) is 3.77. The van der Waals surface area contributed by atoms with Gasteiger partial charge in [-0.3, -0.25) is 4.79 Å². The third-order valence-corrected chi connectivity index (χ3v) is 3.70. The number of carbonyl (C=O) groups excluding carboxylic acids is 1. The molecule has 108 valence electrons. The van der Waals surface area contributed by atoms with Gasteiger partial charge in [0.2, 0.25) is 5.91 Å². The lowest BCUT2D eigenvalue weighted by atomic mass is 10.0. The zero-order valence-electron chi connectivity index (χ0n) is 10.8. The zero-order chi connectivity index (χ0) is 15.0. The van der Waals surface area contributed by atoms with E-state index in [2.05, 4.69) is 10.6 Å². The van der Waals surface area contributed by atoms with Gasteiger partial charge in [-0.25, -0.2) is 8.78 Å². The average molecular weight is 309 g/mol. The minimum Gasteiger partial charge on any atom is -0.384 e. The van der Waals surface area contributed by atoms with E-state index in [1.165, 1.54) is 0 Å². The van der Waals surface area contributed by atoms with Crippen LogP contribution in [-0.2, 0) is 4.79 Å². The summed E-state index contributed by atoms with van der Waals surface area (Å²) in [6.45, 7) is 0.422. The van der Waals surface area contributed by atoms with E-state index in [0.29, 0.717) is 12.6 Å². The predicted molar refractivity (Wildman–Crippen MR) is 77.7 cm³/mol. The molecular weight excluding hydrogens is 298 g/mol. The van der Waals surface area contributed by atoms with Gasteiger partial charge in [-0.05, 0) is 17.7 Å². The molecule has 0 bridgehead atoms. The Morgan fingerprint density at radius 1 is 1.29 bits per heavy atom. The number of halogens is 3. The first-order valence-corrected chi connectivity index (χ1v) is 6.72. The molecular formula is C15H11ClF2N2O. The van der Waals surface area contributed by atoms with Crippen LogP contribution in [0, 0.1) is 11.6 Å². The van der Waals surface area contributed by atoms with Crippen molar-refractivity contribution in [2.24, 2.45) is 0 Å². The van der Waals surface area contributed by atoms with E-state index in [-0.39, 0.29) is 16.6 Å². The molecule has 0 saturated heterocycles. The van der Waals surface area contributed by atoms with E-state index in [1.54, 1.807) is 0 Å². The van der Waals surface area contributed by atoms with Crippen LogP contribution in [-0.4, -0.2) is 12.5 Å². The number of nitrogens with one attached hydrogen (secondary N) is 2. The molecule has 0 aliphatic carbocycles. The molecule has 21 heavy (non-hydrogen) atoms. The molecule has 1 heterocycles. The van der Waals surface area contributed by atoms with Crippen molar-refractivity contribution in [1.29, 1.82) is 0 Å². The Morgan fingerprint density at radius 3 is 2.81 bits per heavy atom. The highest BCUT2D eigenvalue weighted by Crippen LogP contribution is 2.33. The first kappa shape index (κ1) is 13.8. The van der Waals surface area contributed by atoms with E-state index < -0.39 is 17.6 Å². The van der Waals surface area contributed by atoms with Crippen LogP contribution in [0.3, 0.4) is 0 Å². The topological polar surface area (TPSA) is 41.1 Å². The van der Waals surface area contributed by atoms with Gasteiger partial charge in [0.1, 0.15) is 5.82 Å². The third kappa shape index (κ3) is 2.56. The molecule has 3 nitrogen and oxygen atoms in total. The van der Waals surface area contributed by atoms with E-state index in [9.17, 15) is 13.6 Å². The van der Waals surface area contributed by atoms with E-state index in [4.69, 9.17) is 11.6 Å². The van der Waals surface area contributed by atoms with Crippen molar-refractivity contribution in [2.45, 2.75) is 5.92 Å². The summed E-state index contributed by atoms with van der Waals surface area (Å²) in [7, 11) is 0. The van der Waals surface area contributed by atoms with Crippen LogP contribution in [0.1, 0.15) is 11.5 Å². The van der Waals surface area contributed by atoms with Gasteiger partial charge in [0.15, 0.2) is 5.82 Å². The Morgan fingerprint density at radius 2 is 2.05 bits per heavy atom. The first-order valence-electron chi connectivity index (χ1n) is 6.34. The van der Waals surface area contributed by atoms with Crippen LogP contribution in [0.2, 0.25) is 5.02 Å². The molecule has 0 radical (unpaired) electrons. The quantitative estimate of drug-likeness (QED) is 0.887. The standard InChI is InChI=1S/C15H11ClF2N2O/c16-11-5-8(17)6-12(18)14(11)20-15(21)10-7-19-13-4-2-1-3-9(10)13/h1-6,10,19H,7H2,(H,20,21).